The van der Waals surface area contributed by atoms with Crippen LogP contribution < -0.4 is 10.2 Å². The number of hydrogen-bond donors (Lipinski definition) is 1. The molecule has 0 radical (unpaired) electrons. The third kappa shape index (κ3) is 2.41. The van der Waals surface area contributed by atoms with E-state index in [1.165, 1.54) is 6.20 Å². The van der Waals surface area contributed by atoms with Gasteiger partial charge in [-0.3, -0.25) is 19.9 Å². The minimum atomic E-state index is -0.759. The molecule has 1 saturated carbocycles. The maximum absolute atomic E-state index is 12.7. The summed E-state index contributed by atoms with van der Waals surface area (Å²) in [5.74, 6) is -1.62. The number of nitrogens with zero attached hydrogens (tertiary/aromatic N) is 2. The smallest absolute Gasteiger partial charge is 0.277 e. The number of imide groups is 2. The lowest BCUT2D eigenvalue weighted by molar-refractivity contribution is -0.136. The minimum Gasteiger partial charge on any atom is -0.277 e. The Bertz CT molecular complexity index is 608. The Hall–Kier alpha value is -2.24. The van der Waals surface area contributed by atoms with E-state index in [2.05, 4.69) is 10.3 Å². The van der Waals surface area contributed by atoms with Crippen LogP contribution in [0.3, 0.4) is 0 Å². The van der Waals surface area contributed by atoms with Crippen molar-refractivity contribution in [1.29, 1.82) is 0 Å². The van der Waals surface area contributed by atoms with Gasteiger partial charge in [-0.2, -0.15) is 0 Å². The molecule has 1 unspecified atom stereocenters. The number of aryl methyl sites for hydroxylation is 1. The molecule has 2 heterocycles. The molecule has 110 valence electrons. The Labute approximate surface area is 122 Å². The predicted octanol–water partition coefficient (Wildman–Crippen LogP) is 1.78. The third-order valence-corrected chi connectivity index (χ3v) is 4.19. The van der Waals surface area contributed by atoms with Crippen LogP contribution in [-0.4, -0.2) is 22.8 Å². The van der Waals surface area contributed by atoms with Gasteiger partial charge in [-0.15, -0.1) is 0 Å². The van der Waals surface area contributed by atoms with Crippen molar-refractivity contribution in [3.63, 3.8) is 0 Å². The third-order valence-electron chi connectivity index (χ3n) is 4.19. The maximum Gasteiger partial charge on any atom is 0.335 e. The molecule has 4 amide bonds. The van der Waals surface area contributed by atoms with Crippen LogP contribution in [0.2, 0.25) is 0 Å². The second-order valence-electron chi connectivity index (χ2n) is 5.71. The highest BCUT2D eigenvalue weighted by Crippen LogP contribution is 2.35. The first-order valence-corrected chi connectivity index (χ1v) is 7.18. The van der Waals surface area contributed by atoms with Crippen molar-refractivity contribution in [2.24, 2.45) is 11.8 Å². The van der Waals surface area contributed by atoms with Gasteiger partial charge in [-0.25, -0.2) is 9.69 Å². The van der Waals surface area contributed by atoms with Crippen LogP contribution in [0, 0.1) is 18.8 Å². The van der Waals surface area contributed by atoms with Crippen LogP contribution in [0.4, 0.5) is 10.5 Å². The lowest BCUT2D eigenvalue weighted by atomic mass is 9.87. The topological polar surface area (TPSA) is 79.4 Å². The van der Waals surface area contributed by atoms with Gasteiger partial charge in [0.05, 0.1) is 11.9 Å². The minimum absolute atomic E-state index is 0.0332. The molecule has 1 aromatic rings. The van der Waals surface area contributed by atoms with Crippen molar-refractivity contribution in [1.82, 2.24) is 10.3 Å². The number of barbiturate groups is 1. The quantitative estimate of drug-likeness (QED) is 0.841. The highest BCUT2D eigenvalue weighted by atomic mass is 16.2. The molecular formula is C15H17N3O3. The van der Waals surface area contributed by atoms with Crippen LogP contribution in [0.15, 0.2) is 18.5 Å². The maximum atomic E-state index is 12.7. The summed E-state index contributed by atoms with van der Waals surface area (Å²) in [4.78, 5) is 41.8. The zero-order valence-corrected chi connectivity index (χ0v) is 11.8. The number of aromatic nitrogens is 1. The number of nitrogens with one attached hydrogen (secondary N) is 1. The first-order valence-electron chi connectivity index (χ1n) is 7.18. The van der Waals surface area contributed by atoms with Crippen LogP contribution in [0.5, 0.6) is 0 Å². The van der Waals surface area contributed by atoms with Gasteiger partial charge in [-0.1, -0.05) is 12.8 Å². The fourth-order valence-electron chi connectivity index (χ4n) is 3.20. The highest BCUT2D eigenvalue weighted by Gasteiger charge is 2.45. The average molecular weight is 287 g/mol. The van der Waals surface area contributed by atoms with E-state index < -0.39 is 23.8 Å². The van der Waals surface area contributed by atoms with Gasteiger partial charge in [0.1, 0.15) is 5.92 Å². The molecule has 1 aromatic heterocycles. The lowest BCUT2D eigenvalue weighted by Gasteiger charge is -2.32. The van der Waals surface area contributed by atoms with Gasteiger partial charge in [0.25, 0.3) is 0 Å². The van der Waals surface area contributed by atoms with E-state index in [1.54, 1.807) is 12.3 Å². The molecule has 1 atom stereocenters. The average Bonchev–Trinajstić information content (AvgIpc) is 2.92. The summed E-state index contributed by atoms with van der Waals surface area (Å²) in [6, 6.07) is 1.03. The summed E-state index contributed by atoms with van der Waals surface area (Å²) in [5, 5.41) is 2.30. The fraction of sp³-hybridized carbons (Fsp3) is 0.467. The molecule has 0 spiro atoms. The molecule has 2 aliphatic rings. The van der Waals surface area contributed by atoms with E-state index in [9.17, 15) is 14.4 Å². The van der Waals surface area contributed by atoms with E-state index in [-0.39, 0.29) is 5.92 Å². The fourth-order valence-corrected chi connectivity index (χ4v) is 3.20. The standard InChI is InChI=1S/C15H17N3O3/c1-9-6-11(8-16-7-9)18-14(20)12(10-4-2-3-5-10)13(19)17-15(18)21/h6-8,10,12H,2-5H2,1H3,(H,17,19,21). The summed E-state index contributed by atoms with van der Waals surface area (Å²) in [6.07, 6.45) is 6.89. The van der Waals surface area contributed by atoms with Crippen molar-refractivity contribution in [2.45, 2.75) is 32.6 Å². The molecule has 0 bridgehead atoms. The van der Waals surface area contributed by atoms with E-state index in [0.29, 0.717) is 5.69 Å². The summed E-state index contributed by atoms with van der Waals surface area (Å²) in [7, 11) is 0. The number of carbonyl (C=O) groups excluding carboxylic acids is 3. The van der Waals surface area contributed by atoms with Gasteiger partial charge in [0, 0.05) is 6.20 Å². The van der Waals surface area contributed by atoms with Gasteiger partial charge in [-0.05, 0) is 37.3 Å². The van der Waals surface area contributed by atoms with Crippen molar-refractivity contribution in [2.75, 3.05) is 4.90 Å². The van der Waals surface area contributed by atoms with E-state index in [4.69, 9.17) is 0 Å². The number of amides is 4. The van der Waals surface area contributed by atoms with Crippen LogP contribution in [-0.2, 0) is 9.59 Å². The molecule has 6 heteroatoms. The van der Waals surface area contributed by atoms with Crippen LogP contribution in [0.1, 0.15) is 31.2 Å². The first-order chi connectivity index (χ1) is 10.1. The Morgan fingerprint density at radius 2 is 1.90 bits per heavy atom. The van der Waals surface area contributed by atoms with Gasteiger partial charge in [0.15, 0.2) is 0 Å². The molecule has 1 aliphatic carbocycles. The Morgan fingerprint density at radius 3 is 2.57 bits per heavy atom. The number of urea groups is 1. The number of hydrogen-bond acceptors (Lipinski definition) is 4. The van der Waals surface area contributed by atoms with E-state index in [0.717, 1.165) is 36.1 Å². The molecule has 0 aromatic carbocycles. The molecule has 6 nitrogen and oxygen atoms in total. The Morgan fingerprint density at radius 1 is 1.19 bits per heavy atom. The second kappa shape index (κ2) is 5.27. The van der Waals surface area contributed by atoms with Gasteiger partial charge in [0.2, 0.25) is 11.8 Å². The molecule has 2 fully saturated rings. The Kier molecular flexibility index (Phi) is 3.45. The monoisotopic (exact) mass is 287 g/mol. The largest absolute Gasteiger partial charge is 0.335 e. The molecule has 3 rings (SSSR count). The van der Waals surface area contributed by atoms with E-state index >= 15 is 0 Å². The number of anilines is 1. The van der Waals surface area contributed by atoms with E-state index in [1.807, 2.05) is 6.92 Å². The summed E-state index contributed by atoms with van der Waals surface area (Å²) >= 11 is 0. The molecule has 21 heavy (non-hydrogen) atoms. The van der Waals surface area contributed by atoms with Crippen molar-refractivity contribution >= 4 is 23.5 Å². The van der Waals surface area contributed by atoms with Crippen LogP contribution >= 0.6 is 0 Å². The number of rotatable bonds is 2. The SMILES string of the molecule is Cc1cncc(N2C(=O)NC(=O)C(C3CCCC3)C2=O)c1. The highest BCUT2D eigenvalue weighted by molar-refractivity contribution is 6.27. The van der Waals surface area contributed by atoms with Gasteiger partial charge < -0.3 is 0 Å². The molecular weight excluding hydrogens is 270 g/mol. The summed E-state index contributed by atoms with van der Waals surface area (Å²) in [5.41, 5.74) is 1.26. The van der Waals surface area contributed by atoms with Crippen molar-refractivity contribution in [3.8, 4) is 0 Å². The van der Waals surface area contributed by atoms with Crippen molar-refractivity contribution in [3.05, 3.63) is 24.0 Å². The second-order valence-corrected chi connectivity index (χ2v) is 5.71. The predicted molar refractivity (Wildman–Crippen MR) is 75.4 cm³/mol. The van der Waals surface area contributed by atoms with Crippen molar-refractivity contribution < 1.29 is 14.4 Å². The molecule has 1 saturated heterocycles. The molecule has 1 aliphatic heterocycles. The Balaban J connectivity index is 1.94. The molecule has 1 N–H and O–H groups in total. The summed E-state index contributed by atoms with van der Waals surface area (Å²) in [6.45, 7) is 1.84. The zero-order chi connectivity index (χ0) is 15.0. The number of carbonyl (C=O) groups is 3. The first kappa shape index (κ1) is 13.7. The number of pyridine rings is 1. The van der Waals surface area contributed by atoms with Crippen LogP contribution in [0.25, 0.3) is 0 Å². The summed E-state index contributed by atoms with van der Waals surface area (Å²) < 4.78 is 0. The zero-order valence-electron chi connectivity index (χ0n) is 11.8. The van der Waals surface area contributed by atoms with Gasteiger partial charge >= 0.3 is 6.03 Å². The normalized spacial score (nSPS) is 23.6. The lowest BCUT2D eigenvalue weighted by Crippen LogP contribution is -2.59.